The molecule has 2 aromatic heterocycles. The summed E-state index contributed by atoms with van der Waals surface area (Å²) in [6, 6.07) is 12.5. The minimum Gasteiger partial charge on any atom is -0.368 e. The predicted octanol–water partition coefficient (Wildman–Crippen LogP) is 4.12. The van der Waals surface area contributed by atoms with E-state index in [1.54, 1.807) is 10.9 Å². The van der Waals surface area contributed by atoms with Crippen LogP contribution in [-0.4, -0.2) is 62.9 Å². The molecule has 2 aromatic carbocycles. The maximum absolute atomic E-state index is 12.9. The van der Waals surface area contributed by atoms with Gasteiger partial charge in [-0.25, -0.2) is 9.67 Å². The Labute approximate surface area is 234 Å². The Hall–Kier alpha value is -4.02. The third kappa shape index (κ3) is 5.50. The van der Waals surface area contributed by atoms with E-state index in [1.807, 2.05) is 24.1 Å². The van der Waals surface area contributed by atoms with Crippen LogP contribution in [0.1, 0.15) is 35.1 Å². The highest BCUT2D eigenvalue weighted by molar-refractivity contribution is 5.90. The summed E-state index contributed by atoms with van der Waals surface area (Å²) in [5.41, 5.74) is 7.36. The smallest absolute Gasteiger partial charge is 0.248 e. The summed E-state index contributed by atoms with van der Waals surface area (Å²) < 4.78 is 7.67. The van der Waals surface area contributed by atoms with Crippen LogP contribution < -0.4 is 16.0 Å². The van der Waals surface area contributed by atoms with Gasteiger partial charge < -0.3 is 25.6 Å². The number of carbonyl (C=O) groups is 1. The molecule has 1 saturated heterocycles. The van der Waals surface area contributed by atoms with Crippen molar-refractivity contribution < 1.29 is 9.53 Å². The zero-order chi connectivity index (χ0) is 27.6. The molecule has 6 rings (SSSR count). The molecule has 10 heteroatoms. The third-order valence-electron chi connectivity index (χ3n) is 7.86. The van der Waals surface area contributed by atoms with Crippen LogP contribution in [-0.2, 0) is 29.5 Å². The molecule has 2 aliphatic rings. The summed E-state index contributed by atoms with van der Waals surface area (Å²) in [5, 5.41) is 15.7. The first-order chi connectivity index (χ1) is 19.4. The molecule has 1 amide bonds. The fourth-order valence-electron chi connectivity index (χ4n) is 5.54. The summed E-state index contributed by atoms with van der Waals surface area (Å²) in [6.45, 7) is 7.51. The van der Waals surface area contributed by atoms with Crippen molar-refractivity contribution in [3.63, 3.8) is 0 Å². The van der Waals surface area contributed by atoms with E-state index in [4.69, 9.17) is 9.72 Å². The Morgan fingerprint density at radius 2 is 1.90 bits per heavy atom. The Morgan fingerprint density at radius 1 is 1.10 bits per heavy atom. The molecule has 4 heterocycles. The van der Waals surface area contributed by atoms with Crippen LogP contribution in [0.3, 0.4) is 0 Å². The lowest BCUT2D eigenvalue weighted by molar-refractivity contribution is -0.139. The van der Waals surface area contributed by atoms with Gasteiger partial charge in [0, 0.05) is 37.7 Å². The molecule has 208 valence electrons. The zero-order valence-corrected chi connectivity index (χ0v) is 23.3. The van der Waals surface area contributed by atoms with Crippen molar-refractivity contribution in [2.45, 2.75) is 45.8 Å². The Kier molecular flexibility index (Phi) is 7.36. The number of aromatic nitrogens is 4. The number of aryl methyl sites for hydroxylation is 3. The van der Waals surface area contributed by atoms with Crippen LogP contribution in [0.5, 0.6) is 0 Å². The molecule has 0 aliphatic carbocycles. The molecule has 0 bridgehead atoms. The van der Waals surface area contributed by atoms with Gasteiger partial charge in [0.1, 0.15) is 6.61 Å². The number of carbonyl (C=O) groups excluding carboxylic acids is 1. The highest BCUT2D eigenvalue weighted by Crippen LogP contribution is 2.29. The standard InChI is InChI=1S/C30H36N8O2/c1-19-5-4-6-20(2)27(19)34-28-25-16-32-30(35-29(25)37(3)36-28)33-23-8-7-21-11-14-38(17-22(21)15-23)26(39)18-40-24-9-12-31-13-10-24/h4-8,15-16,24,31H,9-14,17-18H2,1-3H3,(H,34,36)(H,32,33,35). The molecule has 1 fully saturated rings. The second-order valence-electron chi connectivity index (χ2n) is 10.7. The first kappa shape index (κ1) is 26.2. The molecule has 40 heavy (non-hydrogen) atoms. The number of ether oxygens (including phenoxy) is 1. The van der Waals surface area contributed by atoms with Gasteiger partial charge in [0.05, 0.1) is 11.5 Å². The normalized spacial score (nSPS) is 15.7. The number of hydrogen-bond donors (Lipinski definition) is 3. The summed E-state index contributed by atoms with van der Waals surface area (Å²) in [5.74, 6) is 1.27. The van der Waals surface area contributed by atoms with Gasteiger partial charge in [-0.15, -0.1) is 0 Å². The van der Waals surface area contributed by atoms with Gasteiger partial charge in [-0.05, 0) is 80.6 Å². The number of piperidine rings is 1. The molecule has 0 radical (unpaired) electrons. The number of rotatable bonds is 7. The van der Waals surface area contributed by atoms with E-state index in [0.29, 0.717) is 19.0 Å². The lowest BCUT2D eigenvalue weighted by atomic mass is 9.99. The highest BCUT2D eigenvalue weighted by Gasteiger charge is 2.23. The Morgan fingerprint density at radius 3 is 2.70 bits per heavy atom. The zero-order valence-electron chi connectivity index (χ0n) is 23.3. The number of fused-ring (bicyclic) bond motifs is 2. The molecule has 4 aromatic rings. The molecule has 0 atom stereocenters. The van der Waals surface area contributed by atoms with Gasteiger partial charge in [0.2, 0.25) is 11.9 Å². The van der Waals surface area contributed by atoms with Crippen LogP contribution in [0.4, 0.5) is 23.1 Å². The highest BCUT2D eigenvalue weighted by atomic mass is 16.5. The summed E-state index contributed by atoms with van der Waals surface area (Å²) in [4.78, 5) is 24.1. The average Bonchev–Trinajstić information content (AvgIpc) is 3.28. The van der Waals surface area contributed by atoms with Gasteiger partial charge in [0.15, 0.2) is 11.5 Å². The monoisotopic (exact) mass is 540 g/mol. The largest absolute Gasteiger partial charge is 0.368 e. The molecule has 3 N–H and O–H groups in total. The second-order valence-corrected chi connectivity index (χ2v) is 10.7. The van der Waals surface area contributed by atoms with E-state index < -0.39 is 0 Å². The van der Waals surface area contributed by atoms with Gasteiger partial charge in [-0.3, -0.25) is 4.79 Å². The first-order valence-corrected chi connectivity index (χ1v) is 14.0. The lowest BCUT2D eigenvalue weighted by Gasteiger charge is -2.30. The number of anilines is 4. The van der Waals surface area contributed by atoms with Crippen molar-refractivity contribution in [3.05, 3.63) is 64.8 Å². The molecule has 0 unspecified atom stereocenters. The molecule has 0 saturated carbocycles. The number of hydrogen-bond acceptors (Lipinski definition) is 8. The summed E-state index contributed by atoms with van der Waals surface area (Å²) >= 11 is 0. The number of nitrogens with one attached hydrogen (secondary N) is 3. The maximum Gasteiger partial charge on any atom is 0.248 e. The van der Waals surface area contributed by atoms with Crippen molar-refractivity contribution in [2.24, 2.45) is 7.05 Å². The predicted molar refractivity (Wildman–Crippen MR) is 156 cm³/mol. The van der Waals surface area contributed by atoms with Crippen molar-refractivity contribution in [3.8, 4) is 0 Å². The van der Waals surface area contributed by atoms with Crippen molar-refractivity contribution >= 4 is 40.1 Å². The number of amides is 1. The number of benzene rings is 2. The summed E-state index contributed by atoms with van der Waals surface area (Å²) in [6.07, 6.45) is 4.73. The van der Waals surface area contributed by atoms with Crippen LogP contribution in [0.15, 0.2) is 42.6 Å². The SMILES string of the molecule is Cc1cccc(C)c1Nc1nn(C)c2nc(Nc3ccc4c(c3)CN(C(=O)COC3CCNCC3)CC4)ncc12. The van der Waals surface area contributed by atoms with Crippen molar-refractivity contribution in [1.29, 1.82) is 0 Å². The second kappa shape index (κ2) is 11.2. The Bertz CT molecular complexity index is 1520. The topological polar surface area (TPSA) is 109 Å². The van der Waals surface area contributed by atoms with Crippen molar-refractivity contribution in [2.75, 3.05) is 36.9 Å². The van der Waals surface area contributed by atoms with Crippen LogP contribution in [0.25, 0.3) is 11.0 Å². The van der Waals surface area contributed by atoms with Gasteiger partial charge in [-0.2, -0.15) is 10.1 Å². The van der Waals surface area contributed by atoms with Crippen molar-refractivity contribution in [1.82, 2.24) is 30.0 Å². The average molecular weight is 541 g/mol. The summed E-state index contributed by atoms with van der Waals surface area (Å²) in [7, 11) is 1.88. The first-order valence-electron chi connectivity index (χ1n) is 14.0. The van der Waals surface area contributed by atoms with Crippen LogP contribution >= 0.6 is 0 Å². The lowest BCUT2D eigenvalue weighted by Crippen LogP contribution is -2.40. The number of nitrogens with zero attached hydrogens (tertiary/aromatic N) is 5. The van der Waals surface area contributed by atoms with E-state index in [-0.39, 0.29) is 18.6 Å². The number of para-hydroxylation sites is 1. The maximum atomic E-state index is 12.9. The minimum absolute atomic E-state index is 0.0536. The van der Waals surface area contributed by atoms with Gasteiger partial charge in [-0.1, -0.05) is 24.3 Å². The minimum atomic E-state index is 0.0536. The molecule has 2 aliphatic heterocycles. The van der Waals surface area contributed by atoms with Crippen LogP contribution in [0, 0.1) is 13.8 Å². The molecule has 0 spiro atoms. The van der Waals surface area contributed by atoms with Gasteiger partial charge in [0.25, 0.3) is 0 Å². The Balaban J connectivity index is 1.14. The fraction of sp³-hybridized carbons (Fsp3) is 0.400. The molecule has 10 nitrogen and oxygen atoms in total. The van der Waals surface area contributed by atoms with E-state index in [1.165, 1.54) is 5.56 Å². The van der Waals surface area contributed by atoms with Crippen LogP contribution in [0.2, 0.25) is 0 Å². The van der Waals surface area contributed by atoms with E-state index in [9.17, 15) is 4.79 Å². The molecular weight excluding hydrogens is 504 g/mol. The fourth-order valence-corrected chi connectivity index (χ4v) is 5.54. The quantitative estimate of drug-likeness (QED) is 0.321. The van der Waals surface area contributed by atoms with E-state index in [2.05, 4.69) is 64.1 Å². The van der Waals surface area contributed by atoms with E-state index >= 15 is 0 Å². The van der Waals surface area contributed by atoms with Gasteiger partial charge >= 0.3 is 0 Å². The van der Waals surface area contributed by atoms with E-state index in [0.717, 1.165) is 77.3 Å². The molecular formula is C30H36N8O2. The third-order valence-corrected chi connectivity index (χ3v) is 7.86.